The molecule has 1 aliphatic carbocycles. The maximum atomic E-state index is 11.1. The monoisotopic (exact) mass is 250 g/mol. The number of rotatable bonds is 7. The molecule has 0 aliphatic heterocycles. The van der Waals surface area contributed by atoms with Gasteiger partial charge >= 0.3 is 5.97 Å². The van der Waals surface area contributed by atoms with E-state index in [0.29, 0.717) is 12.4 Å². The van der Waals surface area contributed by atoms with Gasteiger partial charge in [-0.05, 0) is 37.0 Å². The van der Waals surface area contributed by atoms with Crippen LogP contribution in [0.25, 0.3) is 0 Å². The first-order valence-electron chi connectivity index (χ1n) is 6.18. The Balaban J connectivity index is 1.94. The summed E-state index contributed by atoms with van der Waals surface area (Å²) in [4.78, 5) is 11.1. The zero-order valence-corrected chi connectivity index (χ0v) is 10.5. The molecule has 1 atom stereocenters. The van der Waals surface area contributed by atoms with E-state index in [-0.39, 0.29) is 5.92 Å². The molecule has 1 aliphatic rings. The number of hydrogen-bond acceptors (Lipinski definition) is 3. The van der Waals surface area contributed by atoms with Crippen molar-refractivity contribution in [2.75, 3.05) is 13.7 Å². The summed E-state index contributed by atoms with van der Waals surface area (Å²) in [6, 6.07) is 7.53. The second-order valence-corrected chi connectivity index (χ2v) is 4.60. The van der Waals surface area contributed by atoms with E-state index in [1.165, 1.54) is 0 Å². The number of carbonyl (C=O) groups is 1. The van der Waals surface area contributed by atoms with Crippen molar-refractivity contribution in [2.24, 2.45) is 5.92 Å². The number of carboxylic acid groups (broad SMARTS) is 1. The van der Waals surface area contributed by atoms with E-state index in [9.17, 15) is 4.79 Å². The van der Waals surface area contributed by atoms with Crippen molar-refractivity contribution in [1.82, 2.24) is 0 Å². The predicted molar refractivity (Wildman–Crippen MR) is 66.8 cm³/mol. The van der Waals surface area contributed by atoms with Crippen molar-refractivity contribution in [2.45, 2.75) is 25.4 Å². The summed E-state index contributed by atoms with van der Waals surface area (Å²) in [6.45, 7) is 0.681. The molecule has 0 heterocycles. The van der Waals surface area contributed by atoms with Gasteiger partial charge in [-0.1, -0.05) is 12.1 Å². The molecule has 4 nitrogen and oxygen atoms in total. The van der Waals surface area contributed by atoms with Crippen molar-refractivity contribution in [3.63, 3.8) is 0 Å². The average molecular weight is 250 g/mol. The largest absolute Gasteiger partial charge is 0.478 e. The molecule has 4 heteroatoms. The van der Waals surface area contributed by atoms with Gasteiger partial charge in [-0.2, -0.15) is 0 Å². The van der Waals surface area contributed by atoms with Crippen LogP contribution >= 0.6 is 0 Å². The molecule has 2 rings (SSSR count). The van der Waals surface area contributed by atoms with Crippen LogP contribution in [0.1, 0.15) is 18.4 Å². The van der Waals surface area contributed by atoms with Gasteiger partial charge in [0.05, 0.1) is 6.61 Å². The van der Waals surface area contributed by atoms with E-state index in [1.54, 1.807) is 7.11 Å². The zero-order chi connectivity index (χ0) is 13.0. The maximum Gasteiger partial charge on any atom is 0.345 e. The molecule has 1 N–H and O–H groups in total. The molecule has 1 saturated carbocycles. The highest BCUT2D eigenvalue weighted by Crippen LogP contribution is 2.35. The summed E-state index contributed by atoms with van der Waals surface area (Å²) in [5.41, 5.74) is 1.16. The van der Waals surface area contributed by atoms with E-state index in [4.69, 9.17) is 14.6 Å². The Kier molecular flexibility index (Phi) is 4.20. The van der Waals surface area contributed by atoms with E-state index < -0.39 is 12.1 Å². The SMILES string of the molecule is COCCc1ccc(OC(C(=O)O)C2CC2)cc1. The molecule has 1 aromatic carbocycles. The topological polar surface area (TPSA) is 55.8 Å². The van der Waals surface area contributed by atoms with E-state index in [1.807, 2.05) is 24.3 Å². The van der Waals surface area contributed by atoms with Crippen LogP contribution in [-0.2, 0) is 16.0 Å². The summed E-state index contributed by atoms with van der Waals surface area (Å²) in [7, 11) is 1.67. The summed E-state index contributed by atoms with van der Waals surface area (Å²) in [5.74, 6) is -0.0768. The van der Waals surface area contributed by atoms with Gasteiger partial charge in [-0.3, -0.25) is 0 Å². The molecule has 0 aromatic heterocycles. The van der Waals surface area contributed by atoms with Gasteiger partial charge in [0, 0.05) is 13.0 Å². The van der Waals surface area contributed by atoms with Gasteiger partial charge < -0.3 is 14.6 Å². The minimum absolute atomic E-state index is 0.177. The van der Waals surface area contributed by atoms with Crippen molar-refractivity contribution in [3.8, 4) is 5.75 Å². The summed E-state index contributed by atoms with van der Waals surface area (Å²) >= 11 is 0. The molecule has 1 fully saturated rings. The number of benzene rings is 1. The fourth-order valence-corrected chi connectivity index (χ4v) is 1.85. The predicted octanol–water partition coefficient (Wildman–Crippen LogP) is 2.12. The Morgan fingerprint density at radius 2 is 2.06 bits per heavy atom. The lowest BCUT2D eigenvalue weighted by atomic mass is 10.1. The highest BCUT2D eigenvalue weighted by atomic mass is 16.5. The van der Waals surface area contributed by atoms with Crippen molar-refractivity contribution < 1.29 is 19.4 Å². The highest BCUT2D eigenvalue weighted by molar-refractivity contribution is 5.73. The molecule has 1 aromatic rings. The van der Waals surface area contributed by atoms with Gasteiger partial charge in [0.15, 0.2) is 6.10 Å². The van der Waals surface area contributed by atoms with Gasteiger partial charge in [0.2, 0.25) is 0 Å². The molecule has 18 heavy (non-hydrogen) atoms. The number of aliphatic carboxylic acids is 1. The third-order valence-corrected chi connectivity index (χ3v) is 3.07. The minimum atomic E-state index is -0.874. The van der Waals surface area contributed by atoms with Crippen molar-refractivity contribution >= 4 is 5.97 Å². The van der Waals surface area contributed by atoms with Crippen LogP contribution in [0.5, 0.6) is 5.75 Å². The smallest absolute Gasteiger partial charge is 0.345 e. The first-order valence-corrected chi connectivity index (χ1v) is 6.18. The van der Waals surface area contributed by atoms with E-state index in [0.717, 1.165) is 24.8 Å². The van der Waals surface area contributed by atoms with Crippen LogP contribution in [0.2, 0.25) is 0 Å². The van der Waals surface area contributed by atoms with Crippen LogP contribution in [0.15, 0.2) is 24.3 Å². The number of methoxy groups -OCH3 is 1. The highest BCUT2D eigenvalue weighted by Gasteiger charge is 2.38. The second-order valence-electron chi connectivity index (χ2n) is 4.60. The Morgan fingerprint density at radius 1 is 1.39 bits per heavy atom. The van der Waals surface area contributed by atoms with Crippen molar-refractivity contribution in [3.05, 3.63) is 29.8 Å². The van der Waals surface area contributed by atoms with Gasteiger partial charge in [0.25, 0.3) is 0 Å². The Morgan fingerprint density at radius 3 is 2.56 bits per heavy atom. The Hall–Kier alpha value is -1.55. The lowest BCUT2D eigenvalue weighted by molar-refractivity contribution is -0.146. The lowest BCUT2D eigenvalue weighted by Crippen LogP contribution is -2.29. The normalized spacial score (nSPS) is 16.3. The molecule has 0 radical (unpaired) electrons. The third-order valence-electron chi connectivity index (χ3n) is 3.07. The Bertz CT molecular complexity index is 395. The standard InChI is InChI=1S/C14H18O4/c1-17-9-8-10-2-6-12(7-3-10)18-13(14(15)16)11-4-5-11/h2-3,6-7,11,13H,4-5,8-9H2,1H3,(H,15,16). The molecule has 0 amide bonds. The molecular weight excluding hydrogens is 232 g/mol. The van der Waals surface area contributed by atoms with Crippen LogP contribution in [0.4, 0.5) is 0 Å². The van der Waals surface area contributed by atoms with E-state index in [2.05, 4.69) is 0 Å². The van der Waals surface area contributed by atoms with Crippen molar-refractivity contribution in [1.29, 1.82) is 0 Å². The number of carboxylic acids is 1. The zero-order valence-electron chi connectivity index (χ0n) is 10.5. The van der Waals surface area contributed by atoms with Crippen LogP contribution < -0.4 is 4.74 Å². The summed E-state index contributed by atoms with van der Waals surface area (Å²) in [5, 5.41) is 9.07. The number of hydrogen-bond donors (Lipinski definition) is 1. The molecular formula is C14H18O4. The minimum Gasteiger partial charge on any atom is -0.478 e. The second kappa shape index (κ2) is 5.87. The molecule has 1 unspecified atom stereocenters. The quantitative estimate of drug-likeness (QED) is 0.805. The summed E-state index contributed by atoms with van der Waals surface area (Å²) in [6.07, 6.45) is 2.04. The summed E-state index contributed by atoms with van der Waals surface area (Å²) < 4.78 is 10.5. The van der Waals surface area contributed by atoms with Gasteiger partial charge in [-0.25, -0.2) is 4.79 Å². The average Bonchev–Trinajstić information content (AvgIpc) is 3.18. The van der Waals surface area contributed by atoms with Gasteiger partial charge in [0.1, 0.15) is 5.75 Å². The molecule has 0 bridgehead atoms. The fraction of sp³-hybridized carbons (Fsp3) is 0.500. The third kappa shape index (κ3) is 3.47. The maximum absolute atomic E-state index is 11.1. The van der Waals surface area contributed by atoms with Gasteiger partial charge in [-0.15, -0.1) is 0 Å². The molecule has 98 valence electrons. The van der Waals surface area contributed by atoms with Crippen LogP contribution in [0.3, 0.4) is 0 Å². The van der Waals surface area contributed by atoms with Crippen LogP contribution in [-0.4, -0.2) is 30.9 Å². The fourth-order valence-electron chi connectivity index (χ4n) is 1.85. The first-order chi connectivity index (χ1) is 8.70. The lowest BCUT2D eigenvalue weighted by Gasteiger charge is -2.14. The number of ether oxygens (including phenoxy) is 2. The molecule has 0 saturated heterocycles. The van der Waals surface area contributed by atoms with E-state index >= 15 is 0 Å². The Labute approximate surface area is 107 Å². The first kappa shape index (κ1) is 12.9. The van der Waals surface area contributed by atoms with Crippen LogP contribution in [0, 0.1) is 5.92 Å². The molecule has 0 spiro atoms.